The van der Waals surface area contributed by atoms with Crippen LogP contribution in [0.4, 0.5) is 0 Å². The molecule has 0 saturated heterocycles. The summed E-state index contributed by atoms with van der Waals surface area (Å²) in [6.07, 6.45) is 0.205. The van der Waals surface area contributed by atoms with Gasteiger partial charge in [-0.05, 0) is 7.05 Å². The average Bonchev–Trinajstić information content (AvgIpc) is 1.61. The molecule has 0 spiro atoms. The van der Waals surface area contributed by atoms with Crippen molar-refractivity contribution in [1.29, 1.82) is 0 Å². The minimum atomic E-state index is -0.755. The number of hydrogen-bond donors (Lipinski definition) is 2. The van der Waals surface area contributed by atoms with Crippen LogP contribution < -0.4 is 5.32 Å². The minimum Gasteiger partial charge on any atom is -0.481 e. The second kappa shape index (κ2) is 6.39. The predicted octanol–water partition coefficient (Wildman–Crippen LogP) is -1.14. The smallest absolute Gasteiger partial charge is 0.304 e. The van der Waals surface area contributed by atoms with E-state index in [1.165, 1.54) is 0 Å². The van der Waals surface area contributed by atoms with Crippen molar-refractivity contribution >= 4 is 5.97 Å². The first kappa shape index (κ1) is 10.4. The van der Waals surface area contributed by atoms with Crippen molar-refractivity contribution in [3.8, 4) is 0 Å². The molecule has 0 aromatic carbocycles. The van der Waals surface area contributed by atoms with E-state index < -0.39 is 5.97 Å². The maximum Gasteiger partial charge on any atom is 0.304 e. The van der Waals surface area contributed by atoms with Crippen LogP contribution in [0.25, 0.3) is 0 Å². The number of rotatable bonds is 3. The highest BCUT2D eigenvalue weighted by Crippen LogP contribution is 1.70. The molecule has 0 rings (SSSR count). The third-order valence-corrected chi connectivity index (χ3v) is 0.589. The quantitative estimate of drug-likeness (QED) is 0.495. The summed E-state index contributed by atoms with van der Waals surface area (Å²) in [7, 11) is 1.73. The first-order chi connectivity index (χ1) is 3.27. The fraction of sp³-hybridized carbons (Fsp3) is 0.750. The summed E-state index contributed by atoms with van der Waals surface area (Å²) in [6, 6.07) is 0. The van der Waals surface area contributed by atoms with E-state index in [0.29, 0.717) is 6.54 Å². The Hall–Kier alpha value is -0.610. The van der Waals surface area contributed by atoms with Gasteiger partial charge in [0.1, 0.15) is 0 Å². The third kappa shape index (κ3) is 9.04. The molecule has 8 heavy (non-hydrogen) atoms. The summed E-state index contributed by atoms with van der Waals surface area (Å²) >= 11 is 0. The van der Waals surface area contributed by atoms with Gasteiger partial charge < -0.3 is 15.9 Å². The molecule has 0 heterocycles. The molecule has 0 aromatic rings. The highest BCUT2D eigenvalue weighted by molar-refractivity contribution is 5.66. The summed E-state index contributed by atoms with van der Waals surface area (Å²) in [5.41, 5.74) is 0. The third-order valence-electron chi connectivity index (χ3n) is 0.589. The van der Waals surface area contributed by atoms with Crippen LogP contribution in [0.5, 0.6) is 0 Å². The zero-order chi connectivity index (χ0) is 5.70. The number of aliphatic carboxylic acids is 1. The Kier molecular flexibility index (Phi) is 8.30. The molecule has 4 nitrogen and oxygen atoms in total. The Morgan fingerprint density at radius 3 is 2.38 bits per heavy atom. The first-order valence-electron chi connectivity index (χ1n) is 2.13. The van der Waals surface area contributed by atoms with Crippen molar-refractivity contribution < 1.29 is 15.4 Å². The Labute approximate surface area is 47.8 Å². The van der Waals surface area contributed by atoms with E-state index >= 15 is 0 Å². The van der Waals surface area contributed by atoms with Gasteiger partial charge in [-0.3, -0.25) is 4.79 Å². The van der Waals surface area contributed by atoms with Crippen LogP contribution in [-0.2, 0) is 4.79 Å². The van der Waals surface area contributed by atoms with Gasteiger partial charge in [0, 0.05) is 6.54 Å². The lowest BCUT2D eigenvalue weighted by Crippen LogP contribution is -2.11. The number of carboxylic acid groups (broad SMARTS) is 1. The molecule has 4 heteroatoms. The molecular formula is C4H11NO3. The number of carboxylic acids is 1. The largest absolute Gasteiger partial charge is 0.481 e. The normalized spacial score (nSPS) is 7.62. The topological polar surface area (TPSA) is 80.8 Å². The second-order valence-corrected chi connectivity index (χ2v) is 1.25. The second-order valence-electron chi connectivity index (χ2n) is 1.25. The van der Waals surface area contributed by atoms with Crippen LogP contribution in [0.3, 0.4) is 0 Å². The lowest BCUT2D eigenvalue weighted by atomic mass is 10.4. The van der Waals surface area contributed by atoms with Gasteiger partial charge in [-0.1, -0.05) is 0 Å². The van der Waals surface area contributed by atoms with Crippen LogP contribution in [0.15, 0.2) is 0 Å². The van der Waals surface area contributed by atoms with E-state index in [9.17, 15) is 4.79 Å². The molecule has 50 valence electrons. The van der Waals surface area contributed by atoms with E-state index in [1.54, 1.807) is 7.05 Å². The van der Waals surface area contributed by atoms with Gasteiger partial charge in [-0.15, -0.1) is 0 Å². The van der Waals surface area contributed by atoms with E-state index in [4.69, 9.17) is 5.11 Å². The molecule has 0 unspecified atom stereocenters. The summed E-state index contributed by atoms with van der Waals surface area (Å²) in [6.45, 7) is 0.551. The molecule has 0 aliphatic rings. The first-order valence-corrected chi connectivity index (χ1v) is 2.13. The van der Waals surface area contributed by atoms with E-state index in [2.05, 4.69) is 5.32 Å². The Balaban J connectivity index is 0. The standard InChI is InChI=1S/C4H9NO2.H2O/c1-5-3-2-4(6)7;/h5H,2-3H2,1H3,(H,6,7);1H2. The minimum absolute atomic E-state index is 0. The number of carbonyl (C=O) groups is 1. The van der Waals surface area contributed by atoms with Crippen LogP contribution in [-0.4, -0.2) is 30.1 Å². The van der Waals surface area contributed by atoms with Gasteiger partial charge in [0.25, 0.3) is 0 Å². The maximum atomic E-state index is 9.72. The van der Waals surface area contributed by atoms with Gasteiger partial charge in [-0.25, -0.2) is 0 Å². The molecule has 0 atom stereocenters. The molecule has 0 saturated carbocycles. The Morgan fingerprint density at radius 1 is 1.75 bits per heavy atom. The molecule has 0 fully saturated rings. The Bertz CT molecular complexity index is 64.3. The number of nitrogens with one attached hydrogen (secondary N) is 1. The van der Waals surface area contributed by atoms with E-state index in [0.717, 1.165) is 0 Å². The monoisotopic (exact) mass is 121 g/mol. The average molecular weight is 121 g/mol. The van der Waals surface area contributed by atoms with E-state index in [-0.39, 0.29) is 11.9 Å². The molecular weight excluding hydrogens is 110 g/mol. The molecule has 0 aromatic heterocycles. The number of hydrogen-bond acceptors (Lipinski definition) is 2. The molecule has 0 bridgehead atoms. The van der Waals surface area contributed by atoms with Crippen LogP contribution in [0, 0.1) is 0 Å². The van der Waals surface area contributed by atoms with Crippen molar-refractivity contribution in [1.82, 2.24) is 5.32 Å². The maximum absolute atomic E-state index is 9.72. The van der Waals surface area contributed by atoms with Crippen LogP contribution in [0.1, 0.15) is 6.42 Å². The van der Waals surface area contributed by atoms with Crippen molar-refractivity contribution in [2.75, 3.05) is 13.6 Å². The molecule has 0 amide bonds. The molecule has 0 aliphatic carbocycles. The highest BCUT2D eigenvalue weighted by atomic mass is 16.4. The van der Waals surface area contributed by atoms with E-state index in [1.807, 2.05) is 0 Å². The predicted molar refractivity (Wildman–Crippen MR) is 29.8 cm³/mol. The van der Waals surface area contributed by atoms with Gasteiger partial charge in [0.15, 0.2) is 0 Å². The fourth-order valence-corrected chi connectivity index (χ4v) is 0.232. The lowest BCUT2D eigenvalue weighted by molar-refractivity contribution is -0.136. The fourth-order valence-electron chi connectivity index (χ4n) is 0.232. The summed E-state index contributed by atoms with van der Waals surface area (Å²) in [5.74, 6) is -0.755. The van der Waals surface area contributed by atoms with Crippen LogP contribution >= 0.6 is 0 Å². The summed E-state index contributed by atoms with van der Waals surface area (Å²) < 4.78 is 0. The SMILES string of the molecule is CNCCC(=O)O.O. The van der Waals surface area contributed by atoms with Crippen molar-refractivity contribution in [2.24, 2.45) is 0 Å². The Morgan fingerprint density at radius 2 is 2.25 bits per heavy atom. The van der Waals surface area contributed by atoms with Crippen LogP contribution in [0.2, 0.25) is 0 Å². The zero-order valence-electron chi connectivity index (χ0n) is 4.77. The lowest BCUT2D eigenvalue weighted by Gasteiger charge is -1.88. The van der Waals surface area contributed by atoms with Gasteiger partial charge >= 0.3 is 5.97 Å². The van der Waals surface area contributed by atoms with Crippen molar-refractivity contribution in [2.45, 2.75) is 6.42 Å². The highest BCUT2D eigenvalue weighted by Gasteiger charge is 1.90. The van der Waals surface area contributed by atoms with Crippen molar-refractivity contribution in [3.05, 3.63) is 0 Å². The van der Waals surface area contributed by atoms with Gasteiger partial charge in [-0.2, -0.15) is 0 Å². The summed E-state index contributed by atoms with van der Waals surface area (Å²) in [4.78, 5) is 9.72. The van der Waals surface area contributed by atoms with Crippen molar-refractivity contribution in [3.63, 3.8) is 0 Å². The molecule has 0 radical (unpaired) electrons. The van der Waals surface area contributed by atoms with Gasteiger partial charge in [0.05, 0.1) is 6.42 Å². The molecule has 0 aliphatic heterocycles. The van der Waals surface area contributed by atoms with Gasteiger partial charge in [0.2, 0.25) is 0 Å². The summed E-state index contributed by atoms with van der Waals surface area (Å²) in [5, 5.41) is 10.7. The zero-order valence-corrected chi connectivity index (χ0v) is 4.77. The molecule has 4 N–H and O–H groups in total.